The van der Waals surface area contributed by atoms with Crippen molar-refractivity contribution in [2.45, 2.75) is 59.4 Å². The number of hydrogen-bond donors (Lipinski definition) is 1. The molecule has 0 spiro atoms. The quantitative estimate of drug-likeness (QED) is 0.750. The molecule has 0 aromatic carbocycles. The molecule has 0 aromatic rings. The highest BCUT2D eigenvalue weighted by atomic mass is 14.9. The van der Waals surface area contributed by atoms with Gasteiger partial charge in [0.15, 0.2) is 0 Å². The average Bonchev–Trinajstić information content (AvgIpc) is 2.37. The van der Waals surface area contributed by atoms with Crippen molar-refractivity contribution in [3.05, 3.63) is 0 Å². The Labute approximate surface area is 95.0 Å². The van der Waals surface area contributed by atoms with Gasteiger partial charge in [0, 0.05) is 6.04 Å². The molecule has 2 aliphatic rings. The SMILES string of the molecule is CC(C)NC[C@@H]1CC[C@H]2C[C@@H]1CC2(C)C. The molecule has 15 heavy (non-hydrogen) atoms. The number of rotatable bonds is 3. The normalized spacial score (nSPS) is 38.6. The summed E-state index contributed by atoms with van der Waals surface area (Å²) in [6.45, 7) is 10.7. The summed E-state index contributed by atoms with van der Waals surface area (Å²) in [7, 11) is 0. The Hall–Kier alpha value is -0.0400. The summed E-state index contributed by atoms with van der Waals surface area (Å²) < 4.78 is 0. The minimum absolute atomic E-state index is 0.636. The molecule has 0 aromatic heterocycles. The van der Waals surface area contributed by atoms with Gasteiger partial charge in [0.2, 0.25) is 0 Å². The van der Waals surface area contributed by atoms with E-state index >= 15 is 0 Å². The zero-order chi connectivity index (χ0) is 11.1. The van der Waals surface area contributed by atoms with E-state index in [0.29, 0.717) is 11.5 Å². The molecule has 3 atom stereocenters. The molecule has 2 bridgehead atoms. The standard InChI is InChI=1S/C14H27N/c1-10(2)15-9-11-5-6-13-7-12(11)8-14(13,3)4/h10-13,15H,5-9H2,1-4H3/t11-,12+,13-/m0/s1. The predicted octanol–water partition coefficient (Wildman–Crippen LogP) is 3.45. The Kier molecular flexibility index (Phi) is 3.12. The van der Waals surface area contributed by atoms with Crippen LogP contribution >= 0.6 is 0 Å². The fourth-order valence-corrected chi connectivity index (χ4v) is 3.78. The van der Waals surface area contributed by atoms with Crippen molar-refractivity contribution in [2.24, 2.45) is 23.2 Å². The first kappa shape index (κ1) is 11.4. The van der Waals surface area contributed by atoms with Crippen molar-refractivity contribution >= 4 is 0 Å². The monoisotopic (exact) mass is 209 g/mol. The van der Waals surface area contributed by atoms with E-state index in [1.807, 2.05) is 0 Å². The van der Waals surface area contributed by atoms with Crippen molar-refractivity contribution in [3.8, 4) is 0 Å². The molecule has 1 N–H and O–H groups in total. The largest absolute Gasteiger partial charge is 0.314 e. The Bertz CT molecular complexity index is 219. The number of nitrogens with one attached hydrogen (secondary N) is 1. The zero-order valence-electron chi connectivity index (χ0n) is 10.8. The molecule has 0 aliphatic heterocycles. The Morgan fingerprint density at radius 2 is 2.00 bits per heavy atom. The van der Waals surface area contributed by atoms with Gasteiger partial charge < -0.3 is 5.32 Å². The second-order valence-corrected chi connectivity index (χ2v) is 6.79. The molecule has 88 valence electrons. The average molecular weight is 209 g/mol. The van der Waals surface area contributed by atoms with Crippen LogP contribution in [0.3, 0.4) is 0 Å². The van der Waals surface area contributed by atoms with E-state index in [0.717, 1.165) is 17.8 Å². The fourth-order valence-electron chi connectivity index (χ4n) is 3.78. The molecule has 2 fully saturated rings. The predicted molar refractivity (Wildman–Crippen MR) is 65.9 cm³/mol. The van der Waals surface area contributed by atoms with E-state index in [1.165, 1.54) is 32.2 Å². The second kappa shape index (κ2) is 4.08. The van der Waals surface area contributed by atoms with Crippen molar-refractivity contribution in [2.75, 3.05) is 6.54 Å². The molecule has 0 radical (unpaired) electrons. The third-order valence-electron chi connectivity index (χ3n) is 4.82. The Morgan fingerprint density at radius 3 is 2.67 bits per heavy atom. The van der Waals surface area contributed by atoms with Crippen molar-refractivity contribution in [3.63, 3.8) is 0 Å². The van der Waals surface area contributed by atoms with Gasteiger partial charge in [0.25, 0.3) is 0 Å². The van der Waals surface area contributed by atoms with Gasteiger partial charge >= 0.3 is 0 Å². The van der Waals surface area contributed by atoms with Gasteiger partial charge in [-0.15, -0.1) is 0 Å². The van der Waals surface area contributed by atoms with Crippen molar-refractivity contribution in [1.29, 1.82) is 0 Å². The van der Waals surface area contributed by atoms with Crippen LogP contribution in [0.25, 0.3) is 0 Å². The summed E-state index contributed by atoms with van der Waals surface area (Å²) in [4.78, 5) is 0. The van der Waals surface area contributed by atoms with Crippen LogP contribution in [0.2, 0.25) is 0 Å². The van der Waals surface area contributed by atoms with E-state index in [9.17, 15) is 0 Å². The van der Waals surface area contributed by atoms with Crippen molar-refractivity contribution < 1.29 is 0 Å². The first-order valence-corrected chi connectivity index (χ1v) is 6.72. The van der Waals surface area contributed by atoms with Crippen LogP contribution in [0.5, 0.6) is 0 Å². The smallest absolute Gasteiger partial charge is 0.00104 e. The molecule has 1 heteroatoms. The van der Waals surface area contributed by atoms with Gasteiger partial charge in [0.05, 0.1) is 0 Å². The lowest BCUT2D eigenvalue weighted by Crippen LogP contribution is -2.33. The van der Waals surface area contributed by atoms with Gasteiger partial charge in [-0.1, -0.05) is 27.7 Å². The second-order valence-electron chi connectivity index (χ2n) is 6.79. The minimum Gasteiger partial charge on any atom is -0.314 e. The first-order valence-electron chi connectivity index (χ1n) is 6.72. The molecular formula is C14H27N. The van der Waals surface area contributed by atoms with Crippen LogP contribution in [-0.4, -0.2) is 12.6 Å². The fraction of sp³-hybridized carbons (Fsp3) is 1.00. The number of hydrogen-bond acceptors (Lipinski definition) is 1. The Morgan fingerprint density at radius 1 is 1.27 bits per heavy atom. The molecule has 2 rings (SSSR count). The Balaban J connectivity index is 1.90. The highest BCUT2D eigenvalue weighted by Gasteiger charge is 2.45. The van der Waals surface area contributed by atoms with Crippen LogP contribution in [-0.2, 0) is 0 Å². The summed E-state index contributed by atoms with van der Waals surface area (Å²) in [6.07, 6.45) is 5.94. The molecule has 1 nitrogen and oxygen atoms in total. The maximum absolute atomic E-state index is 3.63. The van der Waals surface area contributed by atoms with E-state index in [4.69, 9.17) is 0 Å². The summed E-state index contributed by atoms with van der Waals surface area (Å²) in [5.74, 6) is 3.01. The van der Waals surface area contributed by atoms with E-state index in [-0.39, 0.29) is 0 Å². The maximum Gasteiger partial charge on any atom is 0.00104 e. The third-order valence-corrected chi connectivity index (χ3v) is 4.82. The molecule has 2 saturated carbocycles. The highest BCUT2D eigenvalue weighted by Crippen LogP contribution is 2.54. The van der Waals surface area contributed by atoms with E-state index in [2.05, 4.69) is 33.0 Å². The lowest BCUT2D eigenvalue weighted by molar-refractivity contribution is 0.211. The van der Waals surface area contributed by atoms with Gasteiger partial charge in [-0.2, -0.15) is 0 Å². The van der Waals surface area contributed by atoms with E-state index < -0.39 is 0 Å². The minimum atomic E-state index is 0.636. The maximum atomic E-state index is 3.63. The topological polar surface area (TPSA) is 12.0 Å². The molecule has 0 heterocycles. The van der Waals surface area contributed by atoms with Crippen molar-refractivity contribution in [1.82, 2.24) is 5.32 Å². The van der Waals surface area contributed by atoms with Crippen LogP contribution in [0.15, 0.2) is 0 Å². The molecule has 0 saturated heterocycles. The van der Waals surface area contributed by atoms with Gasteiger partial charge in [-0.25, -0.2) is 0 Å². The first-order chi connectivity index (χ1) is 6.99. The number of fused-ring (bicyclic) bond motifs is 2. The molecule has 0 amide bonds. The van der Waals surface area contributed by atoms with Gasteiger partial charge in [0.1, 0.15) is 0 Å². The molecule has 0 unspecified atom stereocenters. The van der Waals surface area contributed by atoms with Gasteiger partial charge in [-0.3, -0.25) is 0 Å². The third kappa shape index (κ3) is 2.38. The summed E-state index contributed by atoms with van der Waals surface area (Å²) >= 11 is 0. The van der Waals surface area contributed by atoms with Crippen LogP contribution in [0, 0.1) is 23.2 Å². The van der Waals surface area contributed by atoms with E-state index in [1.54, 1.807) is 0 Å². The molecule has 2 aliphatic carbocycles. The summed E-state index contributed by atoms with van der Waals surface area (Å²) in [6, 6.07) is 0.650. The lowest BCUT2D eigenvalue weighted by Gasteiger charge is -2.31. The van der Waals surface area contributed by atoms with Crippen LogP contribution < -0.4 is 5.32 Å². The van der Waals surface area contributed by atoms with Crippen LogP contribution in [0.1, 0.15) is 53.4 Å². The van der Waals surface area contributed by atoms with Crippen LogP contribution in [0.4, 0.5) is 0 Å². The summed E-state index contributed by atoms with van der Waals surface area (Å²) in [5.41, 5.74) is 0.636. The molecular weight excluding hydrogens is 182 g/mol. The zero-order valence-corrected chi connectivity index (χ0v) is 10.8. The van der Waals surface area contributed by atoms with Gasteiger partial charge in [-0.05, 0) is 55.4 Å². The highest BCUT2D eigenvalue weighted by molar-refractivity contribution is 4.96. The lowest BCUT2D eigenvalue weighted by atomic mass is 9.77. The summed E-state index contributed by atoms with van der Waals surface area (Å²) in [5, 5.41) is 3.63.